The maximum absolute atomic E-state index is 12.4. The molecule has 2 heterocycles. The molecule has 0 radical (unpaired) electrons. The summed E-state index contributed by atoms with van der Waals surface area (Å²) in [5.74, 6) is -2.55. The van der Waals surface area contributed by atoms with Gasteiger partial charge in [0.1, 0.15) is 6.04 Å². The predicted molar refractivity (Wildman–Crippen MR) is 80.4 cm³/mol. The fraction of sp³-hybridized carbons (Fsp3) is 0.562. The second-order valence-corrected chi connectivity index (χ2v) is 6.98. The Kier molecular flexibility index (Phi) is 4.45. The lowest BCUT2D eigenvalue weighted by Gasteiger charge is -2.34. The SMILES string of the molecule is CC(CC(C)(C)C(=O)ON1C(=O)CCC1=O)[N+]1(C)C(=O)C=CC1=O. The maximum atomic E-state index is 12.4. The fourth-order valence-corrected chi connectivity index (χ4v) is 2.86. The van der Waals surface area contributed by atoms with Crippen LogP contribution >= 0.6 is 0 Å². The standard InChI is InChI=1S/C16H21N2O6/c1-10(18(4)13(21)7-8-14(18)22)9-16(2,3)15(23)24-17-11(19)5-6-12(17)20/h7-8,10H,5-6,9H2,1-4H3/q+1. The molecule has 0 aromatic heterocycles. The first-order valence-electron chi connectivity index (χ1n) is 7.71. The Balaban J connectivity index is 2.08. The summed E-state index contributed by atoms with van der Waals surface area (Å²) in [6, 6.07) is -0.479. The van der Waals surface area contributed by atoms with Crippen LogP contribution in [0.3, 0.4) is 0 Å². The molecule has 4 amide bonds. The van der Waals surface area contributed by atoms with Gasteiger partial charge in [-0.15, -0.1) is 5.06 Å². The summed E-state index contributed by atoms with van der Waals surface area (Å²) >= 11 is 0. The minimum absolute atomic E-state index is 0.0204. The van der Waals surface area contributed by atoms with E-state index in [-0.39, 0.29) is 31.1 Å². The Morgan fingerprint density at radius 3 is 2.08 bits per heavy atom. The van der Waals surface area contributed by atoms with Gasteiger partial charge < -0.3 is 4.84 Å². The minimum atomic E-state index is -1.09. The van der Waals surface area contributed by atoms with Gasteiger partial charge in [0.15, 0.2) is 0 Å². The van der Waals surface area contributed by atoms with E-state index in [0.29, 0.717) is 5.06 Å². The zero-order valence-electron chi connectivity index (χ0n) is 14.2. The third kappa shape index (κ3) is 2.89. The van der Waals surface area contributed by atoms with Crippen LogP contribution in [0.2, 0.25) is 0 Å². The fourth-order valence-electron chi connectivity index (χ4n) is 2.86. The highest BCUT2D eigenvalue weighted by Gasteiger charge is 2.49. The number of hydrogen-bond acceptors (Lipinski definition) is 6. The van der Waals surface area contributed by atoms with Crippen LogP contribution in [0.5, 0.6) is 0 Å². The molecule has 0 N–H and O–H groups in total. The molecule has 8 nitrogen and oxygen atoms in total. The molecule has 0 spiro atoms. The van der Waals surface area contributed by atoms with Crippen molar-refractivity contribution in [1.82, 2.24) is 5.06 Å². The van der Waals surface area contributed by atoms with Crippen LogP contribution in [0.1, 0.15) is 40.0 Å². The van der Waals surface area contributed by atoms with Gasteiger partial charge in [-0.25, -0.2) is 14.4 Å². The molecular weight excluding hydrogens is 316 g/mol. The highest BCUT2D eigenvalue weighted by molar-refractivity contribution is 6.04. The summed E-state index contributed by atoms with van der Waals surface area (Å²) in [7, 11) is 1.50. The summed E-state index contributed by atoms with van der Waals surface area (Å²) in [5, 5.41) is 0.499. The zero-order chi connectivity index (χ0) is 18.3. The van der Waals surface area contributed by atoms with E-state index >= 15 is 0 Å². The maximum Gasteiger partial charge on any atom is 0.346 e. The van der Waals surface area contributed by atoms with Crippen LogP contribution in [-0.4, -0.2) is 52.2 Å². The molecule has 0 aliphatic carbocycles. The Morgan fingerprint density at radius 1 is 1.17 bits per heavy atom. The number of imide groups is 2. The summed E-state index contributed by atoms with van der Waals surface area (Å²) in [5.41, 5.74) is -1.09. The number of rotatable bonds is 5. The van der Waals surface area contributed by atoms with Gasteiger partial charge in [-0.2, -0.15) is 4.48 Å². The Morgan fingerprint density at radius 2 is 1.62 bits per heavy atom. The predicted octanol–water partition coefficient (Wildman–Crippen LogP) is 0.468. The molecule has 1 atom stereocenters. The second kappa shape index (κ2) is 5.94. The lowest BCUT2D eigenvalue weighted by Crippen LogP contribution is -2.57. The van der Waals surface area contributed by atoms with Crippen molar-refractivity contribution >= 4 is 29.6 Å². The molecule has 2 rings (SSSR count). The van der Waals surface area contributed by atoms with Crippen molar-refractivity contribution in [3.63, 3.8) is 0 Å². The van der Waals surface area contributed by atoms with Crippen molar-refractivity contribution in [3.05, 3.63) is 12.2 Å². The molecule has 1 saturated heterocycles. The van der Waals surface area contributed by atoms with Crippen molar-refractivity contribution in [1.29, 1.82) is 0 Å². The third-order valence-electron chi connectivity index (χ3n) is 4.70. The lowest BCUT2D eigenvalue weighted by molar-refractivity contribution is -0.777. The largest absolute Gasteiger partial charge is 0.346 e. The molecule has 0 aromatic rings. The van der Waals surface area contributed by atoms with Gasteiger partial charge in [-0.1, -0.05) is 0 Å². The number of quaternary nitrogens is 1. The van der Waals surface area contributed by atoms with Crippen LogP contribution in [0.15, 0.2) is 12.2 Å². The zero-order valence-corrected chi connectivity index (χ0v) is 14.2. The van der Waals surface area contributed by atoms with Gasteiger partial charge in [0.05, 0.1) is 24.6 Å². The molecule has 8 heteroatoms. The van der Waals surface area contributed by atoms with E-state index in [1.54, 1.807) is 20.8 Å². The van der Waals surface area contributed by atoms with Crippen molar-refractivity contribution < 1.29 is 33.3 Å². The van der Waals surface area contributed by atoms with Gasteiger partial charge >= 0.3 is 17.8 Å². The molecule has 130 valence electrons. The molecule has 0 saturated carbocycles. The Labute approximate surface area is 139 Å². The molecule has 2 aliphatic heterocycles. The van der Waals surface area contributed by atoms with E-state index in [2.05, 4.69) is 0 Å². The average molecular weight is 337 g/mol. The number of amides is 4. The molecule has 1 unspecified atom stereocenters. The van der Waals surface area contributed by atoms with E-state index in [1.165, 1.54) is 19.2 Å². The molecule has 1 fully saturated rings. The molecule has 2 aliphatic rings. The smallest absolute Gasteiger partial charge is 0.330 e. The summed E-state index contributed by atoms with van der Waals surface area (Å²) < 4.78 is -0.446. The van der Waals surface area contributed by atoms with E-state index in [1.807, 2.05) is 0 Å². The summed E-state index contributed by atoms with van der Waals surface area (Å²) in [6.45, 7) is 4.87. The number of likely N-dealkylation sites (N-methyl/N-ethyl adjacent to an activating group) is 1. The van der Waals surface area contributed by atoms with Crippen molar-refractivity contribution in [2.75, 3.05) is 7.05 Å². The molecule has 0 aromatic carbocycles. The van der Waals surface area contributed by atoms with Gasteiger partial charge in [-0.05, 0) is 20.8 Å². The van der Waals surface area contributed by atoms with Crippen LogP contribution in [0.25, 0.3) is 0 Å². The van der Waals surface area contributed by atoms with E-state index in [0.717, 1.165) is 0 Å². The first-order chi connectivity index (χ1) is 11.0. The number of carbonyl (C=O) groups is 5. The number of carbonyl (C=O) groups excluding carboxylic acids is 5. The molecule has 24 heavy (non-hydrogen) atoms. The van der Waals surface area contributed by atoms with Crippen LogP contribution in [0.4, 0.5) is 0 Å². The quantitative estimate of drug-likeness (QED) is 0.534. The van der Waals surface area contributed by atoms with E-state index < -0.39 is 33.7 Å². The first kappa shape index (κ1) is 18.0. The highest BCUT2D eigenvalue weighted by Crippen LogP contribution is 2.32. The highest BCUT2D eigenvalue weighted by atomic mass is 16.7. The van der Waals surface area contributed by atoms with Crippen LogP contribution in [-0.2, 0) is 28.8 Å². The van der Waals surface area contributed by atoms with Gasteiger partial charge in [-0.3, -0.25) is 9.59 Å². The van der Waals surface area contributed by atoms with Crippen LogP contribution in [0, 0.1) is 5.41 Å². The first-order valence-corrected chi connectivity index (χ1v) is 7.71. The van der Waals surface area contributed by atoms with Crippen molar-refractivity contribution in [3.8, 4) is 0 Å². The number of hydrogen-bond donors (Lipinski definition) is 0. The average Bonchev–Trinajstić information content (AvgIpc) is 2.95. The minimum Gasteiger partial charge on any atom is -0.330 e. The van der Waals surface area contributed by atoms with Gasteiger partial charge in [0, 0.05) is 19.3 Å². The van der Waals surface area contributed by atoms with E-state index in [9.17, 15) is 24.0 Å². The van der Waals surface area contributed by atoms with Gasteiger partial charge in [0.25, 0.3) is 11.8 Å². The topological polar surface area (TPSA) is 97.8 Å². The van der Waals surface area contributed by atoms with Crippen LogP contribution < -0.4 is 0 Å². The normalized spacial score (nSPS) is 21.6. The third-order valence-corrected chi connectivity index (χ3v) is 4.70. The second-order valence-electron chi connectivity index (χ2n) is 6.98. The Hall–Kier alpha value is -2.35. The monoisotopic (exact) mass is 337 g/mol. The Bertz CT molecular complexity index is 629. The van der Waals surface area contributed by atoms with E-state index in [4.69, 9.17) is 4.84 Å². The van der Waals surface area contributed by atoms with Crippen molar-refractivity contribution in [2.45, 2.75) is 46.1 Å². The van der Waals surface area contributed by atoms with Gasteiger partial charge in [0.2, 0.25) is 0 Å². The lowest BCUT2D eigenvalue weighted by atomic mass is 9.85. The summed E-state index contributed by atoms with van der Waals surface area (Å²) in [4.78, 5) is 64.4. The molecular formula is C16H21N2O6+. The number of hydroxylamine groups is 2. The van der Waals surface area contributed by atoms with Crippen molar-refractivity contribution in [2.24, 2.45) is 5.41 Å². The summed E-state index contributed by atoms with van der Waals surface area (Å²) in [6.07, 6.45) is 2.66. The number of nitrogens with zero attached hydrogens (tertiary/aromatic N) is 2. The molecule has 0 bridgehead atoms.